The van der Waals surface area contributed by atoms with Crippen LogP contribution in [-0.4, -0.2) is 20.2 Å². The molecule has 0 saturated heterocycles. The third kappa shape index (κ3) is 3.07. The predicted molar refractivity (Wildman–Crippen MR) is 90.8 cm³/mol. The fourth-order valence-corrected chi connectivity index (χ4v) is 3.52. The zero-order chi connectivity index (χ0) is 17.1. The highest BCUT2D eigenvalue weighted by molar-refractivity contribution is 7.85. The molecule has 0 radical (unpaired) electrons. The van der Waals surface area contributed by atoms with E-state index in [0.717, 1.165) is 0 Å². The molecule has 3 aromatic carbocycles. The van der Waals surface area contributed by atoms with Gasteiger partial charge in [0.2, 0.25) is 0 Å². The minimum absolute atomic E-state index is 0.0781. The van der Waals surface area contributed by atoms with Gasteiger partial charge in [0.05, 0.1) is 21.3 Å². The van der Waals surface area contributed by atoms with Crippen molar-refractivity contribution in [2.75, 3.05) is 0 Å². The van der Waals surface area contributed by atoms with Gasteiger partial charge in [-0.25, -0.2) is 4.21 Å². The Morgan fingerprint density at radius 2 is 1.33 bits per heavy atom. The van der Waals surface area contributed by atoms with Gasteiger partial charge < -0.3 is 10.2 Å². The van der Waals surface area contributed by atoms with Gasteiger partial charge in [-0.1, -0.05) is 24.3 Å². The molecule has 5 heteroatoms. The minimum Gasteiger partial charge on any atom is -0.508 e. The van der Waals surface area contributed by atoms with E-state index in [1.807, 2.05) is 0 Å². The largest absolute Gasteiger partial charge is 0.508 e. The highest BCUT2D eigenvalue weighted by Crippen LogP contribution is 2.26. The van der Waals surface area contributed by atoms with E-state index < -0.39 is 16.6 Å². The summed E-state index contributed by atoms with van der Waals surface area (Å²) in [6.45, 7) is 0. The second-order valence-corrected chi connectivity index (χ2v) is 6.55. The molecule has 3 aromatic rings. The van der Waals surface area contributed by atoms with E-state index in [-0.39, 0.29) is 22.6 Å². The lowest BCUT2D eigenvalue weighted by Gasteiger charge is -2.10. The summed E-state index contributed by atoms with van der Waals surface area (Å²) in [6, 6.07) is 18.8. The number of phenols is 2. The lowest BCUT2D eigenvalue weighted by atomic mass is 10.0. The molecule has 24 heavy (non-hydrogen) atoms. The molecule has 0 aliphatic carbocycles. The summed E-state index contributed by atoms with van der Waals surface area (Å²) in [5, 5.41) is 19.2. The van der Waals surface area contributed by atoms with E-state index in [1.165, 1.54) is 24.3 Å². The predicted octanol–water partition coefficient (Wildman–Crippen LogP) is 3.50. The standard InChI is InChI=1S/C19H14O4S/c20-13-9-11-14(12-10-13)24(23)18-8-4-2-6-16(18)19(22)15-5-1-3-7-17(15)21/h1-12,20-21H. The SMILES string of the molecule is O=C(c1ccccc1O)c1ccccc1S(=O)c1ccc(O)cc1. The van der Waals surface area contributed by atoms with Crippen LogP contribution in [0.5, 0.6) is 11.5 Å². The van der Waals surface area contributed by atoms with Crippen LogP contribution in [0, 0.1) is 0 Å². The van der Waals surface area contributed by atoms with E-state index in [4.69, 9.17) is 0 Å². The molecule has 0 amide bonds. The minimum atomic E-state index is -1.58. The zero-order valence-electron chi connectivity index (χ0n) is 12.5. The van der Waals surface area contributed by atoms with Gasteiger partial charge in [0.1, 0.15) is 11.5 Å². The Kier molecular flexibility index (Phi) is 4.44. The van der Waals surface area contributed by atoms with Crippen molar-refractivity contribution < 1.29 is 19.2 Å². The molecular weight excluding hydrogens is 324 g/mol. The van der Waals surface area contributed by atoms with Crippen molar-refractivity contribution in [2.45, 2.75) is 9.79 Å². The van der Waals surface area contributed by atoms with Crippen molar-refractivity contribution in [3.8, 4) is 11.5 Å². The lowest BCUT2D eigenvalue weighted by molar-refractivity contribution is 0.103. The highest BCUT2D eigenvalue weighted by Gasteiger charge is 2.20. The van der Waals surface area contributed by atoms with Crippen LogP contribution < -0.4 is 0 Å². The molecule has 1 unspecified atom stereocenters. The van der Waals surface area contributed by atoms with Gasteiger partial charge in [-0.15, -0.1) is 0 Å². The van der Waals surface area contributed by atoms with Crippen molar-refractivity contribution in [3.63, 3.8) is 0 Å². The Morgan fingerprint density at radius 3 is 2.00 bits per heavy atom. The molecule has 120 valence electrons. The van der Waals surface area contributed by atoms with Crippen molar-refractivity contribution in [1.82, 2.24) is 0 Å². The Balaban J connectivity index is 2.05. The number of ketones is 1. The maximum Gasteiger partial charge on any atom is 0.197 e. The van der Waals surface area contributed by atoms with E-state index in [1.54, 1.807) is 48.5 Å². The molecule has 0 aromatic heterocycles. The van der Waals surface area contributed by atoms with Crippen LogP contribution in [0.1, 0.15) is 15.9 Å². The first-order chi connectivity index (χ1) is 11.6. The number of carbonyl (C=O) groups is 1. The molecule has 4 nitrogen and oxygen atoms in total. The zero-order valence-corrected chi connectivity index (χ0v) is 13.4. The van der Waals surface area contributed by atoms with Crippen molar-refractivity contribution >= 4 is 16.6 Å². The molecule has 2 N–H and O–H groups in total. The van der Waals surface area contributed by atoms with Gasteiger partial charge in [0.25, 0.3) is 0 Å². The third-order valence-corrected chi connectivity index (χ3v) is 4.99. The molecule has 0 spiro atoms. The van der Waals surface area contributed by atoms with Crippen LogP contribution >= 0.6 is 0 Å². The molecule has 0 aliphatic rings. The topological polar surface area (TPSA) is 74.6 Å². The molecule has 0 aliphatic heterocycles. The molecular formula is C19H14O4S. The summed E-state index contributed by atoms with van der Waals surface area (Å²) in [4.78, 5) is 13.6. The number of hydrogen-bond acceptors (Lipinski definition) is 4. The quantitative estimate of drug-likeness (QED) is 0.714. The summed E-state index contributed by atoms with van der Waals surface area (Å²) in [7, 11) is -1.58. The average molecular weight is 338 g/mol. The van der Waals surface area contributed by atoms with Gasteiger partial charge in [0, 0.05) is 10.5 Å². The molecule has 3 rings (SSSR count). The van der Waals surface area contributed by atoms with Crippen LogP contribution in [0.2, 0.25) is 0 Å². The van der Waals surface area contributed by atoms with Crippen LogP contribution in [0.25, 0.3) is 0 Å². The highest BCUT2D eigenvalue weighted by atomic mass is 32.2. The molecule has 0 bridgehead atoms. The molecule has 0 heterocycles. The van der Waals surface area contributed by atoms with Crippen LogP contribution in [0.3, 0.4) is 0 Å². The third-order valence-electron chi connectivity index (χ3n) is 3.53. The normalized spacial score (nSPS) is 11.8. The fourth-order valence-electron chi connectivity index (χ4n) is 2.32. The van der Waals surface area contributed by atoms with Crippen molar-refractivity contribution in [3.05, 3.63) is 83.9 Å². The average Bonchev–Trinajstić information content (AvgIpc) is 2.61. The number of carbonyl (C=O) groups excluding carboxylic acids is 1. The van der Waals surface area contributed by atoms with Crippen LogP contribution in [-0.2, 0) is 10.8 Å². The van der Waals surface area contributed by atoms with Gasteiger partial charge in [-0.2, -0.15) is 0 Å². The van der Waals surface area contributed by atoms with E-state index in [9.17, 15) is 19.2 Å². The first-order valence-corrected chi connectivity index (χ1v) is 8.35. The van der Waals surface area contributed by atoms with Crippen LogP contribution in [0.4, 0.5) is 0 Å². The summed E-state index contributed by atoms with van der Waals surface area (Å²) in [5.41, 5.74) is 0.429. The van der Waals surface area contributed by atoms with E-state index in [0.29, 0.717) is 9.79 Å². The Morgan fingerprint density at radius 1 is 0.750 bits per heavy atom. The number of rotatable bonds is 4. The van der Waals surface area contributed by atoms with Gasteiger partial charge in [-0.05, 0) is 48.5 Å². The monoisotopic (exact) mass is 338 g/mol. The van der Waals surface area contributed by atoms with E-state index >= 15 is 0 Å². The van der Waals surface area contributed by atoms with Gasteiger partial charge >= 0.3 is 0 Å². The van der Waals surface area contributed by atoms with Crippen molar-refractivity contribution in [2.24, 2.45) is 0 Å². The first-order valence-electron chi connectivity index (χ1n) is 7.20. The summed E-state index contributed by atoms with van der Waals surface area (Å²) in [5.74, 6) is -0.433. The smallest absolute Gasteiger partial charge is 0.197 e. The number of para-hydroxylation sites is 1. The summed E-state index contributed by atoms with van der Waals surface area (Å²) >= 11 is 0. The number of hydrogen-bond donors (Lipinski definition) is 2. The molecule has 1 atom stereocenters. The van der Waals surface area contributed by atoms with Crippen LogP contribution in [0.15, 0.2) is 82.6 Å². The fraction of sp³-hybridized carbons (Fsp3) is 0. The number of phenolic OH excluding ortho intramolecular Hbond substituents is 2. The molecule has 0 saturated carbocycles. The second kappa shape index (κ2) is 6.68. The second-order valence-electron chi connectivity index (χ2n) is 5.11. The van der Waals surface area contributed by atoms with E-state index in [2.05, 4.69) is 0 Å². The first kappa shape index (κ1) is 16.0. The Labute approximate surface area is 141 Å². The number of benzene rings is 3. The molecule has 0 fully saturated rings. The maximum absolute atomic E-state index is 12.8. The Bertz CT molecular complexity index is 917. The summed E-state index contributed by atoms with van der Waals surface area (Å²) in [6.07, 6.45) is 0. The summed E-state index contributed by atoms with van der Waals surface area (Å²) < 4.78 is 12.8. The maximum atomic E-state index is 12.8. The Hall–Kier alpha value is -2.92. The number of aromatic hydroxyl groups is 2. The van der Waals surface area contributed by atoms with Crippen molar-refractivity contribution in [1.29, 1.82) is 0 Å². The lowest BCUT2D eigenvalue weighted by Crippen LogP contribution is -2.07. The van der Waals surface area contributed by atoms with Gasteiger partial charge in [-0.3, -0.25) is 4.79 Å². The van der Waals surface area contributed by atoms with Gasteiger partial charge in [0.15, 0.2) is 5.78 Å².